The molecule has 0 heterocycles. The van der Waals surface area contributed by atoms with Crippen LogP contribution in [0.4, 0.5) is 26.3 Å². The van der Waals surface area contributed by atoms with Crippen molar-refractivity contribution in [3.8, 4) is 0 Å². The zero-order valence-corrected chi connectivity index (χ0v) is 6.42. The molecule has 0 nitrogen and oxygen atoms in total. The van der Waals surface area contributed by atoms with Gasteiger partial charge in [-0.2, -0.15) is 26.3 Å². The Bertz CT molecular complexity index is 271. The summed E-state index contributed by atoms with van der Waals surface area (Å²) in [5.41, 5.74) is -2.55. The molecule has 14 heavy (non-hydrogen) atoms. The second kappa shape index (κ2) is 3.08. The molecule has 1 aromatic rings. The Kier molecular flexibility index (Phi) is 2.36. The lowest BCUT2D eigenvalue weighted by Crippen LogP contribution is -2.07. The Balaban J connectivity index is 3.02. The fraction of sp³-hybridized carbons (Fsp3) is 0.250. The van der Waals surface area contributed by atoms with E-state index in [4.69, 9.17) is 0 Å². The number of hydrogen-bond acceptors (Lipinski definition) is 0. The lowest BCUT2D eigenvalue weighted by atomic mass is 10.2. The first-order valence-corrected chi connectivity index (χ1v) is 3.29. The highest BCUT2D eigenvalue weighted by atomic mass is 19.4. The van der Waals surface area contributed by atoms with E-state index in [1.54, 1.807) is 0 Å². The van der Waals surface area contributed by atoms with E-state index in [0.29, 0.717) is 12.1 Å². The predicted octanol–water partition coefficient (Wildman–Crippen LogP) is 3.32. The summed E-state index contributed by atoms with van der Waals surface area (Å²) in [6.07, 6.45) is -9.39. The largest absolute Gasteiger partial charge is 0.424 e. The van der Waals surface area contributed by atoms with Gasteiger partial charge in [0.15, 0.2) is 0 Å². The van der Waals surface area contributed by atoms with Crippen LogP contribution in [0.3, 0.4) is 0 Å². The first-order chi connectivity index (χ1) is 6.21. The van der Waals surface area contributed by atoms with Crippen LogP contribution in [-0.2, 0) is 12.4 Å². The molecule has 0 saturated heterocycles. The minimum Gasteiger partial charge on any atom is -0.165 e. The van der Waals surface area contributed by atoms with E-state index in [1.807, 2.05) is 0 Å². The van der Waals surface area contributed by atoms with E-state index in [1.165, 1.54) is 12.1 Å². The lowest BCUT2D eigenvalue weighted by molar-refractivity contribution is -0.141. The second-order valence-electron chi connectivity index (χ2n) is 2.41. The van der Waals surface area contributed by atoms with Crippen molar-refractivity contribution in [1.82, 2.24) is 0 Å². The molecule has 0 N–H and O–H groups in total. The van der Waals surface area contributed by atoms with E-state index >= 15 is 0 Å². The molecule has 0 aliphatic rings. The van der Waals surface area contributed by atoms with Crippen LogP contribution in [0.15, 0.2) is 12.1 Å². The minimum atomic E-state index is -4.69. The summed E-state index contributed by atoms with van der Waals surface area (Å²) in [6, 6.07) is 3.46. The van der Waals surface area contributed by atoms with E-state index in [-0.39, 0.29) is 0 Å². The zero-order chi connectivity index (χ0) is 11.0. The van der Waals surface area contributed by atoms with Crippen molar-refractivity contribution in [3.05, 3.63) is 35.4 Å². The van der Waals surface area contributed by atoms with Crippen LogP contribution in [0.2, 0.25) is 0 Å². The molecule has 1 rings (SSSR count). The Labute approximate surface area is 75.2 Å². The molecule has 1 aromatic carbocycles. The summed E-state index contributed by atoms with van der Waals surface area (Å²) in [5.74, 6) is 0. The number of alkyl halides is 6. The third-order valence-electron chi connectivity index (χ3n) is 1.36. The van der Waals surface area contributed by atoms with Gasteiger partial charge in [0.25, 0.3) is 0 Å². The maximum atomic E-state index is 11.9. The van der Waals surface area contributed by atoms with Gasteiger partial charge in [0.2, 0.25) is 0 Å². The standard InChI is InChI=1S/C8H2F6/c9-7(10,11)5-1-2-6(4-3-5)8(12,13)14/h1-2H. The fourth-order valence-electron chi connectivity index (χ4n) is 0.715. The maximum Gasteiger partial charge on any atom is 0.424 e. The molecule has 6 heteroatoms. The van der Waals surface area contributed by atoms with Crippen molar-refractivity contribution in [2.24, 2.45) is 0 Å². The zero-order valence-electron chi connectivity index (χ0n) is 6.42. The van der Waals surface area contributed by atoms with Crippen LogP contribution in [0.25, 0.3) is 0 Å². The van der Waals surface area contributed by atoms with Gasteiger partial charge in [0.1, 0.15) is 11.1 Å². The van der Waals surface area contributed by atoms with E-state index in [0.717, 1.165) is 0 Å². The maximum absolute atomic E-state index is 11.9. The molecular formula is C8H2F6. The SMILES string of the molecule is FC(F)(F)c1c#cc(C(F)(F)F)cc1. The third kappa shape index (κ3) is 2.31. The molecule has 0 aliphatic heterocycles. The molecule has 0 bridgehead atoms. The van der Waals surface area contributed by atoms with Crippen LogP contribution in [0, 0.1) is 12.1 Å². The van der Waals surface area contributed by atoms with Gasteiger partial charge < -0.3 is 0 Å². The van der Waals surface area contributed by atoms with Crippen LogP contribution in [0.1, 0.15) is 11.1 Å². The van der Waals surface area contributed by atoms with E-state index < -0.39 is 23.5 Å². The summed E-state index contributed by atoms with van der Waals surface area (Å²) in [4.78, 5) is 0. The highest BCUT2D eigenvalue weighted by Gasteiger charge is 2.34. The Morgan fingerprint density at radius 3 is 1.14 bits per heavy atom. The molecule has 0 unspecified atom stereocenters. The topological polar surface area (TPSA) is 0 Å². The summed E-state index contributed by atoms with van der Waals surface area (Å²) in [7, 11) is 0. The molecule has 0 saturated carbocycles. The van der Waals surface area contributed by atoms with Crippen molar-refractivity contribution < 1.29 is 26.3 Å². The molecule has 0 radical (unpaired) electrons. The van der Waals surface area contributed by atoms with Crippen LogP contribution in [-0.4, -0.2) is 0 Å². The first-order valence-electron chi connectivity index (χ1n) is 3.29. The van der Waals surface area contributed by atoms with Gasteiger partial charge in [0.05, 0.1) is 0 Å². The second-order valence-corrected chi connectivity index (χ2v) is 2.41. The van der Waals surface area contributed by atoms with Gasteiger partial charge in [0, 0.05) is 0 Å². The van der Waals surface area contributed by atoms with Gasteiger partial charge in [-0.3, -0.25) is 0 Å². The Hall–Kier alpha value is -1.38. The van der Waals surface area contributed by atoms with Crippen molar-refractivity contribution in [2.75, 3.05) is 0 Å². The van der Waals surface area contributed by atoms with Gasteiger partial charge in [-0.05, 0) is 12.1 Å². The van der Waals surface area contributed by atoms with Crippen LogP contribution >= 0.6 is 0 Å². The van der Waals surface area contributed by atoms with Gasteiger partial charge >= 0.3 is 12.4 Å². The van der Waals surface area contributed by atoms with E-state index in [9.17, 15) is 26.3 Å². The molecule has 0 atom stereocenters. The summed E-state index contributed by atoms with van der Waals surface area (Å²) < 4.78 is 71.3. The highest BCUT2D eigenvalue weighted by Crippen LogP contribution is 2.31. The van der Waals surface area contributed by atoms with Crippen LogP contribution < -0.4 is 0 Å². The summed E-state index contributed by atoms with van der Waals surface area (Å²) in [6.45, 7) is 0. The van der Waals surface area contributed by atoms with Crippen molar-refractivity contribution in [3.63, 3.8) is 0 Å². The van der Waals surface area contributed by atoms with Crippen molar-refractivity contribution in [1.29, 1.82) is 0 Å². The number of rotatable bonds is 0. The lowest BCUT2D eigenvalue weighted by Gasteiger charge is -2.05. The monoisotopic (exact) mass is 212 g/mol. The molecule has 0 spiro atoms. The number of halogens is 6. The molecule has 0 aliphatic carbocycles. The smallest absolute Gasteiger partial charge is 0.165 e. The first kappa shape index (κ1) is 10.7. The average Bonchev–Trinajstić information content (AvgIpc) is 2.01. The molecule has 0 amide bonds. The van der Waals surface area contributed by atoms with Crippen molar-refractivity contribution >= 4 is 0 Å². The third-order valence-corrected chi connectivity index (χ3v) is 1.36. The fourth-order valence-corrected chi connectivity index (χ4v) is 0.715. The number of hydrogen-bond donors (Lipinski definition) is 0. The van der Waals surface area contributed by atoms with Gasteiger partial charge in [-0.1, -0.05) is 12.1 Å². The molecule has 0 fully saturated rings. The highest BCUT2D eigenvalue weighted by molar-refractivity contribution is 5.19. The predicted molar refractivity (Wildman–Crippen MR) is 34.1 cm³/mol. The normalized spacial score (nSPS) is 12.4. The van der Waals surface area contributed by atoms with Gasteiger partial charge in [-0.25, -0.2) is 0 Å². The Morgan fingerprint density at radius 1 is 0.714 bits per heavy atom. The average molecular weight is 212 g/mol. The summed E-state index contributed by atoms with van der Waals surface area (Å²) >= 11 is 0. The molecule has 76 valence electrons. The molecule has 0 aromatic heterocycles. The van der Waals surface area contributed by atoms with Crippen LogP contribution in [0.5, 0.6) is 0 Å². The molecular weight excluding hydrogens is 210 g/mol. The Morgan fingerprint density at radius 2 is 1.00 bits per heavy atom. The van der Waals surface area contributed by atoms with Gasteiger partial charge in [-0.15, -0.1) is 0 Å². The van der Waals surface area contributed by atoms with E-state index in [2.05, 4.69) is 0 Å². The summed E-state index contributed by atoms with van der Waals surface area (Å²) in [5, 5.41) is 0. The quantitative estimate of drug-likeness (QED) is 0.578. The van der Waals surface area contributed by atoms with Crippen molar-refractivity contribution in [2.45, 2.75) is 12.4 Å². The minimum absolute atomic E-state index is 0.319.